The normalized spacial score (nSPS) is 28.8. The number of halogens is 1. The Bertz CT molecular complexity index is 2260. The van der Waals surface area contributed by atoms with Crippen molar-refractivity contribution in [2.45, 2.75) is 141 Å². The average Bonchev–Trinajstić information content (AvgIpc) is 3.66. The number of para-hydroxylation sites is 2. The van der Waals surface area contributed by atoms with E-state index >= 15 is 4.39 Å². The number of amides is 2. The van der Waals surface area contributed by atoms with Crippen LogP contribution in [0.5, 0.6) is 11.5 Å². The van der Waals surface area contributed by atoms with Crippen LogP contribution in [0.4, 0.5) is 4.39 Å². The molecule has 4 aliphatic heterocycles. The predicted octanol–water partition coefficient (Wildman–Crippen LogP) is 4.51. The second-order valence-electron chi connectivity index (χ2n) is 18.1. The van der Waals surface area contributed by atoms with E-state index in [9.17, 15) is 48.4 Å². The maximum atomic E-state index is 15.5. The first kappa shape index (κ1) is 57.7. The number of ketones is 1. The van der Waals surface area contributed by atoms with Crippen molar-refractivity contribution in [1.82, 2.24) is 20.0 Å². The fourth-order valence-corrected chi connectivity index (χ4v) is 10.3. The first-order valence-electron chi connectivity index (χ1n) is 22.9. The lowest BCUT2D eigenvalue weighted by atomic mass is 9.95. The summed E-state index contributed by atoms with van der Waals surface area (Å²) in [6.45, 7) is 14.5. The number of hydrogen-bond acceptors (Lipinski definition) is 18. The number of benzene rings is 2. The van der Waals surface area contributed by atoms with Gasteiger partial charge < -0.3 is 43.3 Å². The molecule has 2 amide bonds. The number of rotatable bonds is 20. The van der Waals surface area contributed by atoms with Crippen LogP contribution in [0, 0.1) is 0 Å². The molecule has 72 heavy (non-hydrogen) atoms. The molecule has 396 valence electrons. The smallest absolute Gasteiger partial charge is 0.459 e. The molecule has 4 heterocycles. The molecule has 25 heteroatoms. The van der Waals surface area contributed by atoms with Gasteiger partial charge in [-0.05, 0) is 97.4 Å². The van der Waals surface area contributed by atoms with Crippen LogP contribution in [0.2, 0.25) is 0 Å². The molecule has 0 unspecified atom stereocenters. The second-order valence-corrected chi connectivity index (χ2v) is 21.5. The van der Waals surface area contributed by atoms with E-state index in [0.717, 1.165) is 24.1 Å². The zero-order valence-corrected chi connectivity index (χ0v) is 42.8. The Labute approximate surface area is 416 Å². The van der Waals surface area contributed by atoms with Crippen LogP contribution in [-0.4, -0.2) is 140 Å². The number of carbonyl (C=O) groups excluding carboxylic acids is 5. The van der Waals surface area contributed by atoms with Gasteiger partial charge in [0.05, 0.1) is 38.3 Å². The highest BCUT2D eigenvalue weighted by Gasteiger charge is 2.58. The van der Waals surface area contributed by atoms with Crippen molar-refractivity contribution >= 4 is 45.0 Å². The number of esters is 2. The summed E-state index contributed by atoms with van der Waals surface area (Å²) in [6, 6.07) is 14.0. The fourth-order valence-electron chi connectivity index (χ4n) is 7.32. The SMILES string of the molecule is C=C1C=CN([C@@H]2O[C@H](CO[P@](=O)(N[C@@H](C)C(=O)OC(C)C)Oc3ccccc3)[C@@H](O)[C@]2(C)O)C(=O)C1.CC(C)OC(=O)[C@H](C)N[P@@](=O)(OC[C@H]1O[C@@H](N2C=CC(=O)CC2=O)[C@](C)(F)[C@@H]1O)Oc1ccccc1. The number of nitrogens with zero attached hydrogens (tertiary/aromatic N) is 2. The minimum atomic E-state index is -4.29. The molecule has 0 spiro atoms. The topological polar surface area (TPSA) is 285 Å². The van der Waals surface area contributed by atoms with Crippen LogP contribution >= 0.6 is 15.5 Å². The number of aliphatic hydroxyl groups is 3. The van der Waals surface area contributed by atoms with Crippen molar-refractivity contribution < 1.29 is 89.9 Å². The molecule has 0 aromatic heterocycles. The minimum Gasteiger partial charge on any atom is -0.462 e. The summed E-state index contributed by atoms with van der Waals surface area (Å²) in [7, 11) is -8.51. The fraction of sp³-hybridized carbons (Fsp3) is 0.511. The van der Waals surface area contributed by atoms with Crippen LogP contribution in [0.1, 0.15) is 68.2 Å². The van der Waals surface area contributed by atoms with Gasteiger partial charge in [0.2, 0.25) is 11.8 Å². The summed E-state index contributed by atoms with van der Waals surface area (Å²) in [5.41, 5.74) is -3.70. The minimum absolute atomic E-state index is 0.0398. The molecule has 0 aliphatic carbocycles. The summed E-state index contributed by atoms with van der Waals surface area (Å²) >= 11 is 0. The van der Waals surface area contributed by atoms with E-state index in [-0.39, 0.29) is 29.9 Å². The molecule has 6 rings (SSSR count). The van der Waals surface area contributed by atoms with Crippen molar-refractivity contribution in [3.8, 4) is 11.5 Å². The maximum Gasteiger partial charge on any atom is 0.459 e. The number of alkyl halides is 1. The number of nitrogens with one attached hydrogen (secondary N) is 2. The van der Waals surface area contributed by atoms with Gasteiger partial charge in [-0.3, -0.25) is 42.8 Å². The quantitative estimate of drug-likeness (QED) is 0.0693. The molecule has 2 fully saturated rings. The van der Waals surface area contributed by atoms with Gasteiger partial charge in [-0.25, -0.2) is 13.5 Å². The zero-order valence-electron chi connectivity index (χ0n) is 41.0. The third-order valence-corrected chi connectivity index (χ3v) is 14.3. The lowest BCUT2D eigenvalue weighted by Gasteiger charge is -2.35. The Hall–Kier alpha value is -5.16. The number of allylic oxidation sites excluding steroid dienone is 2. The van der Waals surface area contributed by atoms with Crippen LogP contribution in [0.3, 0.4) is 0 Å². The van der Waals surface area contributed by atoms with Crippen LogP contribution in [0.25, 0.3) is 0 Å². The lowest BCUT2D eigenvalue weighted by molar-refractivity contribution is -0.156. The van der Waals surface area contributed by atoms with Crippen molar-refractivity contribution in [3.63, 3.8) is 0 Å². The Morgan fingerprint density at radius 1 is 0.722 bits per heavy atom. The van der Waals surface area contributed by atoms with Gasteiger partial charge >= 0.3 is 27.4 Å². The Morgan fingerprint density at radius 2 is 1.14 bits per heavy atom. The van der Waals surface area contributed by atoms with E-state index in [1.54, 1.807) is 82.3 Å². The molecule has 0 radical (unpaired) electrons. The van der Waals surface area contributed by atoms with E-state index in [1.807, 2.05) is 0 Å². The predicted molar refractivity (Wildman–Crippen MR) is 254 cm³/mol. The van der Waals surface area contributed by atoms with Gasteiger partial charge in [0.1, 0.15) is 53.6 Å². The van der Waals surface area contributed by atoms with Crippen LogP contribution < -0.4 is 19.2 Å². The zero-order chi connectivity index (χ0) is 53.3. The molecule has 2 aromatic carbocycles. The van der Waals surface area contributed by atoms with Gasteiger partial charge in [-0.1, -0.05) is 43.0 Å². The lowest BCUT2D eigenvalue weighted by Crippen LogP contribution is -2.53. The third-order valence-electron chi connectivity index (χ3n) is 11.0. The molecular formula is C47H63FN4O18P2. The van der Waals surface area contributed by atoms with Crippen LogP contribution in [-0.2, 0) is 61.1 Å². The van der Waals surface area contributed by atoms with Gasteiger partial charge in [-0.2, -0.15) is 10.2 Å². The summed E-state index contributed by atoms with van der Waals surface area (Å²) in [4.78, 5) is 62.8. The highest BCUT2D eigenvalue weighted by molar-refractivity contribution is 7.52. The Kier molecular flexibility index (Phi) is 19.4. The first-order valence-corrected chi connectivity index (χ1v) is 26.0. The summed E-state index contributed by atoms with van der Waals surface area (Å²) < 4.78 is 86.4. The summed E-state index contributed by atoms with van der Waals surface area (Å²) in [6.07, 6.45) is -4.58. The van der Waals surface area contributed by atoms with Gasteiger partial charge in [0, 0.05) is 12.4 Å². The first-order chi connectivity index (χ1) is 33.6. The van der Waals surface area contributed by atoms with Crippen LogP contribution in [0.15, 0.2) is 97.4 Å². The molecule has 5 N–H and O–H groups in total. The van der Waals surface area contributed by atoms with Gasteiger partial charge in [0.25, 0.3) is 0 Å². The van der Waals surface area contributed by atoms with E-state index in [4.69, 9.17) is 37.0 Å². The van der Waals surface area contributed by atoms with Crippen molar-refractivity contribution in [3.05, 3.63) is 97.4 Å². The van der Waals surface area contributed by atoms with E-state index in [1.165, 1.54) is 44.0 Å². The molecule has 2 saturated heterocycles. The Morgan fingerprint density at radius 3 is 1.58 bits per heavy atom. The largest absolute Gasteiger partial charge is 0.462 e. The average molecular weight is 1050 g/mol. The monoisotopic (exact) mass is 1050 g/mol. The highest BCUT2D eigenvalue weighted by Crippen LogP contribution is 2.48. The summed E-state index contributed by atoms with van der Waals surface area (Å²) in [5, 5.41) is 37.3. The standard InChI is InChI=1S/C24H33N2O9P.C23H30FN2O9P/c1-15(2)33-22(29)17(4)25-36(31,35-18-9-7-6-8-10-18)32-14-19-21(28)24(5,30)23(34-19)26-12-11-16(3)13-20(26)27;1-14(2)33-21(30)15(3)25-36(31,35-17-8-6-5-7-9-17)32-13-18-20(29)23(4,24)22(34-18)26-11-10-16(27)12-19(26)28/h6-12,15,17,19,21,23,28,30H,3,13-14H2,1-2,4-5H3,(H,25,31);5-11,14-15,18,20,22,29H,12-13H2,1-4H3,(H,25,31)/t17-,19+,21+,23+,24-,36+;15-,18+,20+,22+,23+,36+/m00/s1. The Balaban J connectivity index is 0.000000267. The van der Waals surface area contributed by atoms with E-state index in [2.05, 4.69) is 16.8 Å². The molecule has 12 atom stereocenters. The number of carbonyl (C=O) groups is 5. The molecular weight excluding hydrogens is 989 g/mol. The molecule has 2 aromatic rings. The molecule has 22 nitrogen and oxygen atoms in total. The van der Waals surface area contributed by atoms with Gasteiger partial charge in [0.15, 0.2) is 23.9 Å². The summed E-state index contributed by atoms with van der Waals surface area (Å²) in [5.74, 6) is -2.49. The van der Waals surface area contributed by atoms with E-state index < -0.39 is 125 Å². The highest BCUT2D eigenvalue weighted by atomic mass is 31.2. The molecule has 4 aliphatic rings. The van der Waals surface area contributed by atoms with Gasteiger partial charge in [-0.15, -0.1) is 0 Å². The second kappa shape index (κ2) is 24.2. The maximum absolute atomic E-state index is 15.5. The number of hydrogen-bond donors (Lipinski definition) is 5. The van der Waals surface area contributed by atoms with Crippen molar-refractivity contribution in [1.29, 1.82) is 0 Å². The van der Waals surface area contributed by atoms with Crippen molar-refractivity contribution in [2.24, 2.45) is 0 Å². The van der Waals surface area contributed by atoms with E-state index in [0.29, 0.717) is 5.57 Å². The van der Waals surface area contributed by atoms with Crippen molar-refractivity contribution in [2.75, 3.05) is 13.2 Å². The molecule has 0 saturated carbocycles. The third kappa shape index (κ3) is 15.0. The number of ether oxygens (including phenoxy) is 4. The number of aliphatic hydroxyl groups excluding tert-OH is 2. The molecule has 0 bridgehead atoms.